The Hall–Kier alpha value is -1.85. The molecule has 28 heavy (non-hydrogen) atoms. The number of carbonyl (C=O) groups excluding carboxylic acids is 3. The molecule has 1 rings (SSSR count). The highest BCUT2D eigenvalue weighted by Crippen LogP contribution is 2.02. The molecule has 0 atom stereocenters. The summed E-state index contributed by atoms with van der Waals surface area (Å²) in [5, 5.41) is 0. The van der Waals surface area contributed by atoms with E-state index < -0.39 is 0 Å². The number of hydrogen-bond acceptors (Lipinski definition) is 9. The standard InChI is InChI=1S/C18H29NO9/c1-23-18(22)4-6-24-8-10-26-12-14-28-15-13-27-11-9-25-7-5-19-16(20)2-3-17(19)21/h2-3H,4-15H2,1H3. The predicted octanol–water partition coefficient (Wildman–Crippen LogP) is -0.442. The first kappa shape index (κ1) is 24.2. The molecule has 0 radical (unpaired) electrons. The molecule has 0 aromatic carbocycles. The van der Waals surface area contributed by atoms with Gasteiger partial charge in [0.2, 0.25) is 0 Å². The molecule has 1 heterocycles. The van der Waals surface area contributed by atoms with E-state index in [-0.39, 0.29) is 37.4 Å². The number of imide groups is 1. The number of amides is 2. The van der Waals surface area contributed by atoms with Gasteiger partial charge in [0, 0.05) is 12.2 Å². The zero-order valence-corrected chi connectivity index (χ0v) is 16.3. The average molecular weight is 403 g/mol. The van der Waals surface area contributed by atoms with Crippen LogP contribution in [0.1, 0.15) is 6.42 Å². The van der Waals surface area contributed by atoms with Gasteiger partial charge in [0.05, 0.1) is 86.1 Å². The Bertz CT molecular complexity index is 477. The van der Waals surface area contributed by atoms with Crippen LogP contribution in [0.2, 0.25) is 0 Å². The molecule has 0 fully saturated rings. The Morgan fingerprint density at radius 1 is 0.714 bits per heavy atom. The van der Waals surface area contributed by atoms with Gasteiger partial charge in [0.1, 0.15) is 0 Å². The molecule has 0 unspecified atom stereocenters. The summed E-state index contributed by atoms with van der Waals surface area (Å²) in [7, 11) is 1.34. The van der Waals surface area contributed by atoms with Crippen LogP contribution < -0.4 is 0 Å². The molecule has 1 aliphatic rings. The Morgan fingerprint density at radius 3 is 1.54 bits per heavy atom. The van der Waals surface area contributed by atoms with Crippen LogP contribution in [0.3, 0.4) is 0 Å². The Morgan fingerprint density at radius 2 is 1.11 bits per heavy atom. The monoisotopic (exact) mass is 403 g/mol. The van der Waals surface area contributed by atoms with E-state index in [1.54, 1.807) is 0 Å². The average Bonchev–Trinajstić information content (AvgIpc) is 3.01. The lowest BCUT2D eigenvalue weighted by Gasteiger charge is -2.13. The third-order valence-corrected chi connectivity index (χ3v) is 3.53. The molecule has 10 heteroatoms. The Labute approximate surface area is 164 Å². The van der Waals surface area contributed by atoms with Gasteiger partial charge in [-0.15, -0.1) is 0 Å². The maximum Gasteiger partial charge on any atom is 0.307 e. The van der Waals surface area contributed by atoms with Crippen molar-refractivity contribution < 1.29 is 42.8 Å². The summed E-state index contributed by atoms with van der Waals surface area (Å²) in [6, 6.07) is 0. The maximum atomic E-state index is 11.3. The van der Waals surface area contributed by atoms with Crippen molar-refractivity contribution in [3.05, 3.63) is 12.2 Å². The molecule has 0 aromatic rings. The van der Waals surface area contributed by atoms with Gasteiger partial charge in [-0.1, -0.05) is 0 Å². The van der Waals surface area contributed by atoms with Gasteiger partial charge in [-0.2, -0.15) is 0 Å². The lowest BCUT2D eigenvalue weighted by molar-refractivity contribution is -0.142. The van der Waals surface area contributed by atoms with E-state index in [4.69, 9.17) is 23.7 Å². The second-order valence-electron chi connectivity index (χ2n) is 5.55. The summed E-state index contributed by atoms with van der Waals surface area (Å²) >= 11 is 0. The van der Waals surface area contributed by atoms with Crippen molar-refractivity contribution in [2.75, 3.05) is 79.7 Å². The highest BCUT2D eigenvalue weighted by Gasteiger charge is 2.22. The maximum absolute atomic E-state index is 11.3. The van der Waals surface area contributed by atoms with Crippen LogP contribution in [-0.4, -0.2) is 102 Å². The van der Waals surface area contributed by atoms with Crippen molar-refractivity contribution in [3.8, 4) is 0 Å². The fraction of sp³-hybridized carbons (Fsp3) is 0.722. The summed E-state index contributed by atoms with van der Waals surface area (Å²) in [5.41, 5.74) is 0. The quantitative estimate of drug-likeness (QED) is 0.171. The van der Waals surface area contributed by atoms with Crippen LogP contribution in [0, 0.1) is 0 Å². The van der Waals surface area contributed by atoms with E-state index in [0.717, 1.165) is 4.90 Å². The summed E-state index contributed by atoms with van der Waals surface area (Å²) in [6.45, 7) is 4.26. The lowest BCUT2D eigenvalue weighted by atomic mass is 10.5. The SMILES string of the molecule is COC(=O)CCOCCOCCOCCOCCOCCN1C(=O)C=CC1=O. The number of hydrogen-bond donors (Lipinski definition) is 0. The van der Waals surface area contributed by atoms with Crippen molar-refractivity contribution in [1.29, 1.82) is 0 Å². The number of carbonyl (C=O) groups is 3. The van der Waals surface area contributed by atoms with Crippen LogP contribution in [0.5, 0.6) is 0 Å². The van der Waals surface area contributed by atoms with Crippen molar-refractivity contribution in [2.24, 2.45) is 0 Å². The molecule has 0 bridgehead atoms. The van der Waals surface area contributed by atoms with E-state index in [0.29, 0.717) is 59.5 Å². The van der Waals surface area contributed by atoms with Crippen LogP contribution in [0.15, 0.2) is 12.2 Å². The molecule has 10 nitrogen and oxygen atoms in total. The minimum atomic E-state index is -0.308. The third-order valence-electron chi connectivity index (χ3n) is 3.53. The van der Waals surface area contributed by atoms with Crippen molar-refractivity contribution >= 4 is 17.8 Å². The minimum absolute atomic E-state index is 0.236. The van der Waals surface area contributed by atoms with E-state index in [1.807, 2.05) is 0 Å². The zero-order valence-electron chi connectivity index (χ0n) is 16.3. The molecule has 0 N–H and O–H groups in total. The number of ether oxygens (including phenoxy) is 6. The first-order valence-corrected chi connectivity index (χ1v) is 9.14. The first-order valence-electron chi connectivity index (χ1n) is 9.14. The molecule has 0 saturated heterocycles. The molecule has 0 saturated carbocycles. The van der Waals surface area contributed by atoms with Gasteiger partial charge < -0.3 is 28.4 Å². The second kappa shape index (κ2) is 16.1. The van der Waals surface area contributed by atoms with Crippen LogP contribution >= 0.6 is 0 Å². The summed E-state index contributed by atoms with van der Waals surface area (Å²) in [6.07, 6.45) is 2.73. The Kier molecular flexibility index (Phi) is 13.9. The van der Waals surface area contributed by atoms with Gasteiger partial charge >= 0.3 is 5.97 Å². The van der Waals surface area contributed by atoms with E-state index in [1.165, 1.54) is 19.3 Å². The fourth-order valence-electron chi connectivity index (χ4n) is 2.05. The number of methoxy groups -OCH3 is 1. The van der Waals surface area contributed by atoms with E-state index in [9.17, 15) is 14.4 Å². The normalized spacial score (nSPS) is 13.5. The summed E-state index contributed by atoms with van der Waals surface area (Å²) in [4.78, 5) is 34.6. The third kappa shape index (κ3) is 11.8. The highest BCUT2D eigenvalue weighted by molar-refractivity contribution is 6.12. The summed E-state index contributed by atoms with van der Waals surface area (Å²) in [5.74, 6) is -0.912. The van der Waals surface area contributed by atoms with Gasteiger partial charge in [0.15, 0.2) is 0 Å². The van der Waals surface area contributed by atoms with Crippen molar-refractivity contribution in [1.82, 2.24) is 4.90 Å². The van der Waals surface area contributed by atoms with E-state index in [2.05, 4.69) is 4.74 Å². The molecule has 0 aromatic heterocycles. The smallest absolute Gasteiger partial charge is 0.307 e. The van der Waals surface area contributed by atoms with Gasteiger partial charge in [-0.3, -0.25) is 19.3 Å². The fourth-order valence-corrected chi connectivity index (χ4v) is 2.05. The van der Waals surface area contributed by atoms with Crippen LogP contribution in [0.4, 0.5) is 0 Å². The molecule has 160 valence electrons. The molecular formula is C18H29NO9. The highest BCUT2D eigenvalue weighted by atomic mass is 16.6. The molecule has 1 aliphatic heterocycles. The number of rotatable bonds is 18. The van der Waals surface area contributed by atoms with Crippen molar-refractivity contribution in [3.63, 3.8) is 0 Å². The topological polar surface area (TPSA) is 110 Å². The number of esters is 1. The summed E-state index contributed by atoms with van der Waals surface area (Å²) < 4.78 is 31.0. The first-order chi connectivity index (χ1) is 13.6. The predicted molar refractivity (Wildman–Crippen MR) is 96.6 cm³/mol. The second-order valence-corrected chi connectivity index (χ2v) is 5.55. The zero-order chi connectivity index (χ0) is 20.5. The number of nitrogens with zero attached hydrogens (tertiary/aromatic N) is 1. The minimum Gasteiger partial charge on any atom is -0.469 e. The van der Waals surface area contributed by atoms with E-state index >= 15 is 0 Å². The molecule has 2 amide bonds. The lowest BCUT2D eigenvalue weighted by Crippen LogP contribution is -2.33. The molecule has 0 spiro atoms. The Balaban J connectivity index is 1.73. The molecule has 0 aliphatic carbocycles. The van der Waals surface area contributed by atoms with Crippen molar-refractivity contribution in [2.45, 2.75) is 6.42 Å². The van der Waals surface area contributed by atoms with Crippen LogP contribution in [0.25, 0.3) is 0 Å². The van der Waals surface area contributed by atoms with Crippen LogP contribution in [-0.2, 0) is 42.8 Å². The van der Waals surface area contributed by atoms with Gasteiger partial charge in [0.25, 0.3) is 11.8 Å². The van der Waals surface area contributed by atoms with Gasteiger partial charge in [-0.05, 0) is 0 Å². The largest absolute Gasteiger partial charge is 0.469 e. The molecular weight excluding hydrogens is 374 g/mol. The van der Waals surface area contributed by atoms with Gasteiger partial charge in [-0.25, -0.2) is 0 Å².